The van der Waals surface area contributed by atoms with Crippen LogP contribution in [0.5, 0.6) is 0 Å². The summed E-state index contributed by atoms with van der Waals surface area (Å²) < 4.78 is 5.10. The Balaban J connectivity index is 4.18. The highest BCUT2D eigenvalue weighted by atomic mass is 16.6. The van der Waals surface area contributed by atoms with Gasteiger partial charge in [0.15, 0.2) is 5.92 Å². The van der Waals surface area contributed by atoms with Crippen LogP contribution in [0.1, 0.15) is 52.9 Å². The van der Waals surface area contributed by atoms with E-state index in [2.05, 4.69) is 6.58 Å². The van der Waals surface area contributed by atoms with Gasteiger partial charge in [-0.1, -0.05) is 18.9 Å². The number of carboxylic acid groups (broad SMARTS) is 1. The predicted molar refractivity (Wildman–Crippen MR) is 70.3 cm³/mol. The third-order valence-electron chi connectivity index (χ3n) is 2.39. The van der Waals surface area contributed by atoms with E-state index in [4.69, 9.17) is 9.84 Å². The van der Waals surface area contributed by atoms with E-state index < -0.39 is 23.5 Å². The van der Waals surface area contributed by atoms with Gasteiger partial charge < -0.3 is 9.84 Å². The molecule has 18 heavy (non-hydrogen) atoms. The Bertz CT molecular complexity index is 289. The molecule has 4 nitrogen and oxygen atoms in total. The van der Waals surface area contributed by atoms with Crippen LogP contribution in [0.25, 0.3) is 0 Å². The maximum Gasteiger partial charge on any atom is 0.320 e. The first-order chi connectivity index (χ1) is 8.28. The molecule has 0 aliphatic carbocycles. The van der Waals surface area contributed by atoms with Crippen LogP contribution < -0.4 is 0 Å². The first-order valence-corrected chi connectivity index (χ1v) is 6.34. The largest absolute Gasteiger partial charge is 0.481 e. The van der Waals surface area contributed by atoms with E-state index in [1.807, 2.05) is 6.08 Å². The maximum atomic E-state index is 11.7. The number of unbranched alkanes of at least 4 members (excludes halogenated alkanes) is 3. The summed E-state index contributed by atoms with van der Waals surface area (Å²) >= 11 is 0. The molecule has 0 radical (unpaired) electrons. The summed E-state index contributed by atoms with van der Waals surface area (Å²) in [5, 5.41) is 9.03. The molecule has 0 aliphatic rings. The second-order valence-corrected chi connectivity index (χ2v) is 5.35. The minimum Gasteiger partial charge on any atom is -0.481 e. The van der Waals surface area contributed by atoms with Gasteiger partial charge in [0.05, 0.1) is 0 Å². The minimum absolute atomic E-state index is 0.335. The van der Waals surface area contributed by atoms with E-state index >= 15 is 0 Å². The molecule has 1 atom stereocenters. The number of aliphatic carboxylic acids is 1. The van der Waals surface area contributed by atoms with Crippen LogP contribution >= 0.6 is 0 Å². The van der Waals surface area contributed by atoms with Crippen molar-refractivity contribution < 1.29 is 19.4 Å². The van der Waals surface area contributed by atoms with E-state index in [1.165, 1.54) is 0 Å². The Hall–Kier alpha value is -1.32. The molecule has 0 aromatic rings. The highest BCUT2D eigenvalue weighted by molar-refractivity contribution is 5.94. The monoisotopic (exact) mass is 256 g/mol. The number of carboxylic acids is 1. The number of esters is 1. The van der Waals surface area contributed by atoms with Crippen LogP contribution in [0, 0.1) is 5.92 Å². The predicted octanol–water partition coefficient (Wildman–Crippen LogP) is 3.17. The van der Waals surface area contributed by atoms with E-state index in [0.29, 0.717) is 12.8 Å². The number of hydrogen-bond donors (Lipinski definition) is 1. The van der Waals surface area contributed by atoms with Crippen molar-refractivity contribution in [2.45, 2.75) is 58.5 Å². The lowest BCUT2D eigenvalue weighted by molar-refractivity contribution is -0.167. The molecule has 0 heterocycles. The Kier molecular flexibility index (Phi) is 7.32. The first kappa shape index (κ1) is 16.7. The molecule has 0 aliphatic heterocycles. The summed E-state index contributed by atoms with van der Waals surface area (Å²) in [5.74, 6) is -2.79. The number of ether oxygens (including phenoxy) is 1. The van der Waals surface area contributed by atoms with Gasteiger partial charge in [-0.15, -0.1) is 6.58 Å². The third kappa shape index (κ3) is 7.87. The van der Waals surface area contributed by atoms with E-state index in [-0.39, 0.29) is 0 Å². The summed E-state index contributed by atoms with van der Waals surface area (Å²) in [6.07, 6.45) is 5.68. The fraction of sp³-hybridized carbons (Fsp3) is 0.714. The van der Waals surface area contributed by atoms with Crippen molar-refractivity contribution in [1.82, 2.24) is 0 Å². The maximum absolute atomic E-state index is 11.7. The van der Waals surface area contributed by atoms with Crippen molar-refractivity contribution in [2.24, 2.45) is 5.92 Å². The van der Waals surface area contributed by atoms with Gasteiger partial charge in [-0.3, -0.25) is 9.59 Å². The highest BCUT2D eigenvalue weighted by Gasteiger charge is 2.30. The number of hydrogen-bond acceptors (Lipinski definition) is 3. The van der Waals surface area contributed by atoms with E-state index in [1.54, 1.807) is 20.8 Å². The van der Waals surface area contributed by atoms with Crippen LogP contribution in [0.4, 0.5) is 0 Å². The molecular weight excluding hydrogens is 232 g/mol. The lowest BCUT2D eigenvalue weighted by Crippen LogP contribution is -2.32. The van der Waals surface area contributed by atoms with E-state index in [0.717, 1.165) is 19.3 Å². The summed E-state index contributed by atoms with van der Waals surface area (Å²) in [5.41, 5.74) is -0.645. The topological polar surface area (TPSA) is 63.6 Å². The first-order valence-electron chi connectivity index (χ1n) is 6.34. The molecule has 0 saturated carbocycles. The van der Waals surface area contributed by atoms with Crippen molar-refractivity contribution in [3.63, 3.8) is 0 Å². The molecule has 0 fully saturated rings. The number of allylic oxidation sites excluding steroid dienone is 1. The molecule has 0 bridgehead atoms. The van der Waals surface area contributed by atoms with Gasteiger partial charge in [0.25, 0.3) is 0 Å². The SMILES string of the molecule is C=CCCCCC[C@H](C(=O)O)C(=O)OC(C)(C)C. The van der Waals surface area contributed by atoms with Gasteiger partial charge >= 0.3 is 11.9 Å². The van der Waals surface area contributed by atoms with Crippen molar-refractivity contribution >= 4 is 11.9 Å². The van der Waals surface area contributed by atoms with E-state index in [9.17, 15) is 9.59 Å². The van der Waals surface area contributed by atoms with Crippen LogP contribution in [0.15, 0.2) is 12.7 Å². The highest BCUT2D eigenvalue weighted by Crippen LogP contribution is 2.17. The zero-order chi connectivity index (χ0) is 14.2. The number of carbonyl (C=O) groups is 2. The second kappa shape index (κ2) is 7.90. The van der Waals surface area contributed by atoms with Gasteiger partial charge in [-0.05, 0) is 40.0 Å². The minimum atomic E-state index is -1.10. The van der Waals surface area contributed by atoms with Crippen molar-refractivity contribution in [3.05, 3.63) is 12.7 Å². The normalized spacial score (nSPS) is 12.8. The molecule has 0 spiro atoms. The summed E-state index contributed by atoms with van der Waals surface area (Å²) in [6.45, 7) is 8.81. The standard InChI is InChI=1S/C14H24O4/c1-5-6-7-8-9-10-11(12(15)16)13(17)18-14(2,3)4/h5,11H,1,6-10H2,2-4H3,(H,15,16)/t11-/m1/s1. The van der Waals surface area contributed by atoms with Gasteiger partial charge in [0, 0.05) is 0 Å². The average molecular weight is 256 g/mol. The van der Waals surface area contributed by atoms with Crippen molar-refractivity contribution in [1.29, 1.82) is 0 Å². The van der Waals surface area contributed by atoms with Crippen LogP contribution in [-0.2, 0) is 14.3 Å². The Labute approximate surface area is 109 Å². The quantitative estimate of drug-likeness (QED) is 0.313. The molecule has 4 heteroatoms. The summed E-state index contributed by atoms with van der Waals surface area (Å²) in [6, 6.07) is 0. The fourth-order valence-electron chi connectivity index (χ4n) is 1.53. The summed E-state index contributed by atoms with van der Waals surface area (Å²) in [4.78, 5) is 22.7. The van der Waals surface area contributed by atoms with Gasteiger partial charge in [0.1, 0.15) is 5.60 Å². The second-order valence-electron chi connectivity index (χ2n) is 5.35. The molecule has 104 valence electrons. The molecule has 1 N–H and O–H groups in total. The smallest absolute Gasteiger partial charge is 0.320 e. The lowest BCUT2D eigenvalue weighted by Gasteiger charge is -2.22. The molecule has 0 rings (SSSR count). The van der Waals surface area contributed by atoms with Gasteiger partial charge in [-0.2, -0.15) is 0 Å². The lowest BCUT2D eigenvalue weighted by atomic mass is 10.0. The van der Waals surface area contributed by atoms with Crippen LogP contribution in [-0.4, -0.2) is 22.6 Å². The Morgan fingerprint density at radius 2 is 1.89 bits per heavy atom. The average Bonchev–Trinajstić information content (AvgIpc) is 2.19. The molecule has 0 aromatic carbocycles. The van der Waals surface area contributed by atoms with Crippen LogP contribution in [0.3, 0.4) is 0 Å². The van der Waals surface area contributed by atoms with Crippen molar-refractivity contribution in [2.75, 3.05) is 0 Å². The fourth-order valence-corrected chi connectivity index (χ4v) is 1.53. The third-order valence-corrected chi connectivity index (χ3v) is 2.39. The Morgan fingerprint density at radius 1 is 1.28 bits per heavy atom. The number of rotatable bonds is 8. The molecule has 0 aromatic heterocycles. The number of carbonyl (C=O) groups excluding carboxylic acids is 1. The molecule has 0 amide bonds. The van der Waals surface area contributed by atoms with Gasteiger partial charge in [-0.25, -0.2) is 0 Å². The van der Waals surface area contributed by atoms with Crippen LogP contribution in [0.2, 0.25) is 0 Å². The van der Waals surface area contributed by atoms with Crippen molar-refractivity contribution in [3.8, 4) is 0 Å². The molecule has 0 saturated heterocycles. The zero-order valence-electron chi connectivity index (χ0n) is 11.6. The molecule has 0 unspecified atom stereocenters. The zero-order valence-corrected chi connectivity index (χ0v) is 11.6. The Morgan fingerprint density at radius 3 is 2.33 bits per heavy atom. The summed E-state index contributed by atoms with van der Waals surface area (Å²) in [7, 11) is 0. The van der Waals surface area contributed by atoms with Gasteiger partial charge in [0.2, 0.25) is 0 Å². The molecular formula is C14H24O4.